The van der Waals surface area contributed by atoms with Crippen LogP contribution >= 0.6 is 0 Å². The van der Waals surface area contributed by atoms with Crippen molar-refractivity contribution in [3.8, 4) is 0 Å². The summed E-state index contributed by atoms with van der Waals surface area (Å²) < 4.78 is 5.28. The molecule has 0 saturated heterocycles. The molecule has 2 amide bonds. The molecule has 1 aliphatic rings. The summed E-state index contributed by atoms with van der Waals surface area (Å²) in [6.07, 6.45) is 2.13. The molecule has 28 heavy (non-hydrogen) atoms. The number of carbonyl (C=O) groups is 2. The highest BCUT2D eigenvalue weighted by atomic mass is 16.3. The minimum Gasteiger partial charge on any atom is -0.467 e. The zero-order valence-electron chi connectivity index (χ0n) is 15.7. The van der Waals surface area contributed by atoms with E-state index in [-0.39, 0.29) is 18.2 Å². The molecule has 1 N–H and O–H groups in total. The lowest BCUT2D eigenvalue weighted by Crippen LogP contribution is -2.44. The number of carbonyl (C=O) groups excluding carboxylic acids is 2. The quantitative estimate of drug-likeness (QED) is 0.719. The number of para-hydroxylation sites is 1. The average molecular weight is 374 g/mol. The van der Waals surface area contributed by atoms with Crippen molar-refractivity contribution in [2.24, 2.45) is 0 Å². The molecule has 0 radical (unpaired) electrons. The summed E-state index contributed by atoms with van der Waals surface area (Å²) in [5, 5.41) is 2.89. The number of nitrogens with one attached hydrogen (secondary N) is 1. The van der Waals surface area contributed by atoms with E-state index in [4.69, 9.17) is 4.42 Å². The van der Waals surface area contributed by atoms with Crippen LogP contribution in [0.4, 0.5) is 5.69 Å². The fourth-order valence-electron chi connectivity index (χ4n) is 4.00. The number of fused-ring (bicyclic) bond motifs is 1. The maximum Gasteiger partial charge on any atom is 0.238 e. The molecular weight excluding hydrogens is 352 g/mol. The number of amides is 2. The zero-order chi connectivity index (χ0) is 19.6. The van der Waals surface area contributed by atoms with Gasteiger partial charge in [0.05, 0.1) is 18.2 Å². The van der Waals surface area contributed by atoms with Gasteiger partial charge in [0.2, 0.25) is 11.8 Å². The predicted octanol–water partition coefficient (Wildman–Crippen LogP) is 3.44. The first kappa shape index (κ1) is 18.0. The van der Waals surface area contributed by atoms with Crippen molar-refractivity contribution >= 4 is 17.5 Å². The SMILES string of the molecule is CN1C(=O)C(CC(=O)NCc2ccco2)(Cc2ccccc2)c2ccccc21. The van der Waals surface area contributed by atoms with Crippen LogP contribution in [-0.2, 0) is 28.0 Å². The third-order valence-electron chi connectivity index (χ3n) is 5.35. The minimum atomic E-state index is -0.917. The monoisotopic (exact) mass is 374 g/mol. The third-order valence-corrected chi connectivity index (χ3v) is 5.35. The van der Waals surface area contributed by atoms with Gasteiger partial charge in [0, 0.05) is 19.2 Å². The van der Waals surface area contributed by atoms with E-state index in [2.05, 4.69) is 5.32 Å². The van der Waals surface area contributed by atoms with Gasteiger partial charge in [-0.15, -0.1) is 0 Å². The molecule has 0 saturated carbocycles. The van der Waals surface area contributed by atoms with Crippen molar-refractivity contribution in [3.05, 3.63) is 89.9 Å². The number of furan rings is 1. The Labute approximate surface area is 164 Å². The van der Waals surface area contributed by atoms with Gasteiger partial charge in [0.1, 0.15) is 5.76 Å². The molecule has 142 valence electrons. The van der Waals surface area contributed by atoms with Gasteiger partial charge < -0.3 is 14.6 Å². The predicted molar refractivity (Wildman–Crippen MR) is 107 cm³/mol. The van der Waals surface area contributed by atoms with E-state index in [9.17, 15) is 9.59 Å². The van der Waals surface area contributed by atoms with Crippen LogP contribution in [0, 0.1) is 0 Å². The maximum atomic E-state index is 13.4. The van der Waals surface area contributed by atoms with E-state index in [0.717, 1.165) is 16.8 Å². The van der Waals surface area contributed by atoms with Crippen molar-refractivity contribution in [1.82, 2.24) is 5.32 Å². The number of hydrogen-bond acceptors (Lipinski definition) is 3. The summed E-state index contributed by atoms with van der Waals surface area (Å²) in [6, 6.07) is 21.2. The maximum absolute atomic E-state index is 13.4. The van der Waals surface area contributed by atoms with Crippen molar-refractivity contribution in [1.29, 1.82) is 0 Å². The standard InChI is InChI=1S/C23H22N2O3/c1-25-20-12-6-5-11-19(20)23(22(25)27,14-17-8-3-2-4-9-17)15-21(26)24-16-18-10-7-13-28-18/h2-13H,14-16H2,1H3,(H,24,26). The number of likely N-dealkylation sites (N-methyl/N-ethyl adjacent to an activating group) is 1. The molecule has 4 rings (SSSR count). The second kappa shape index (κ2) is 7.35. The van der Waals surface area contributed by atoms with Crippen LogP contribution in [0.5, 0.6) is 0 Å². The molecule has 0 fully saturated rings. The molecule has 1 unspecified atom stereocenters. The fraction of sp³-hybridized carbons (Fsp3) is 0.217. The largest absolute Gasteiger partial charge is 0.467 e. The Bertz CT molecular complexity index is 982. The van der Waals surface area contributed by atoms with Crippen molar-refractivity contribution in [3.63, 3.8) is 0 Å². The van der Waals surface area contributed by atoms with E-state index >= 15 is 0 Å². The smallest absolute Gasteiger partial charge is 0.238 e. The summed E-state index contributed by atoms with van der Waals surface area (Å²) in [7, 11) is 1.77. The molecule has 1 aromatic heterocycles. The van der Waals surface area contributed by atoms with Crippen LogP contribution in [0.25, 0.3) is 0 Å². The molecule has 0 bridgehead atoms. The Morgan fingerprint density at radius 1 is 1.04 bits per heavy atom. The van der Waals surface area contributed by atoms with Gasteiger partial charge in [0.15, 0.2) is 0 Å². The van der Waals surface area contributed by atoms with Crippen LogP contribution in [0.2, 0.25) is 0 Å². The van der Waals surface area contributed by atoms with Crippen molar-refractivity contribution < 1.29 is 14.0 Å². The van der Waals surface area contributed by atoms with E-state index in [1.165, 1.54) is 0 Å². The van der Waals surface area contributed by atoms with Crippen molar-refractivity contribution in [2.45, 2.75) is 24.8 Å². The summed E-state index contributed by atoms with van der Waals surface area (Å²) >= 11 is 0. The normalized spacial score (nSPS) is 18.2. The van der Waals surface area contributed by atoms with Crippen LogP contribution in [-0.4, -0.2) is 18.9 Å². The average Bonchev–Trinajstić information content (AvgIpc) is 3.31. The van der Waals surface area contributed by atoms with E-state index in [0.29, 0.717) is 18.7 Å². The number of rotatable bonds is 6. The van der Waals surface area contributed by atoms with Gasteiger partial charge in [-0.2, -0.15) is 0 Å². The van der Waals surface area contributed by atoms with E-state index < -0.39 is 5.41 Å². The molecular formula is C23H22N2O3. The van der Waals surface area contributed by atoms with Gasteiger partial charge in [-0.25, -0.2) is 0 Å². The Morgan fingerprint density at radius 2 is 1.79 bits per heavy atom. The highest BCUT2D eigenvalue weighted by Gasteiger charge is 2.50. The molecule has 0 aliphatic carbocycles. The second-order valence-electron chi connectivity index (χ2n) is 7.16. The number of nitrogens with zero attached hydrogens (tertiary/aromatic N) is 1. The van der Waals surface area contributed by atoms with Crippen LogP contribution in [0.1, 0.15) is 23.3 Å². The van der Waals surface area contributed by atoms with E-state index in [1.807, 2.05) is 60.7 Å². The molecule has 1 aliphatic heterocycles. The van der Waals surface area contributed by atoms with Gasteiger partial charge >= 0.3 is 0 Å². The summed E-state index contributed by atoms with van der Waals surface area (Å²) in [5.41, 5.74) is 1.88. The van der Waals surface area contributed by atoms with Gasteiger partial charge in [-0.05, 0) is 35.7 Å². The first-order valence-electron chi connectivity index (χ1n) is 9.31. The highest BCUT2D eigenvalue weighted by molar-refractivity contribution is 6.09. The minimum absolute atomic E-state index is 0.0503. The molecule has 2 aromatic carbocycles. The van der Waals surface area contributed by atoms with Crippen LogP contribution < -0.4 is 10.2 Å². The van der Waals surface area contributed by atoms with Gasteiger partial charge in [-0.3, -0.25) is 9.59 Å². The summed E-state index contributed by atoms with van der Waals surface area (Å²) in [4.78, 5) is 27.9. The zero-order valence-corrected chi connectivity index (χ0v) is 15.7. The van der Waals surface area contributed by atoms with Crippen LogP contribution in [0.15, 0.2) is 77.4 Å². The number of benzene rings is 2. The van der Waals surface area contributed by atoms with E-state index in [1.54, 1.807) is 24.3 Å². The second-order valence-corrected chi connectivity index (χ2v) is 7.16. The van der Waals surface area contributed by atoms with Gasteiger partial charge in [-0.1, -0.05) is 48.5 Å². The number of hydrogen-bond donors (Lipinski definition) is 1. The van der Waals surface area contributed by atoms with Gasteiger partial charge in [0.25, 0.3) is 0 Å². The Morgan fingerprint density at radius 3 is 2.54 bits per heavy atom. The Hall–Kier alpha value is -3.34. The Balaban J connectivity index is 1.66. The summed E-state index contributed by atoms with van der Waals surface area (Å²) in [6.45, 7) is 0.304. The molecule has 3 aromatic rings. The highest BCUT2D eigenvalue weighted by Crippen LogP contribution is 2.45. The summed E-state index contributed by atoms with van der Waals surface area (Å²) in [5.74, 6) is 0.456. The molecule has 5 heteroatoms. The lowest BCUT2D eigenvalue weighted by Gasteiger charge is -2.28. The lowest BCUT2D eigenvalue weighted by molar-refractivity contribution is -0.129. The first-order chi connectivity index (χ1) is 13.6. The molecule has 2 heterocycles. The van der Waals surface area contributed by atoms with Crippen LogP contribution in [0.3, 0.4) is 0 Å². The van der Waals surface area contributed by atoms with Crippen molar-refractivity contribution in [2.75, 3.05) is 11.9 Å². The molecule has 5 nitrogen and oxygen atoms in total. The fourth-order valence-corrected chi connectivity index (χ4v) is 4.00. The molecule has 0 spiro atoms. The topological polar surface area (TPSA) is 62.6 Å². The first-order valence-corrected chi connectivity index (χ1v) is 9.31. The number of anilines is 1. The third kappa shape index (κ3) is 3.20. The lowest BCUT2D eigenvalue weighted by atomic mass is 9.73. The Kier molecular flexibility index (Phi) is 4.74. The molecule has 1 atom stereocenters.